The van der Waals surface area contributed by atoms with Crippen LogP contribution in [-0.4, -0.2) is 43.0 Å². The van der Waals surface area contributed by atoms with Crippen molar-refractivity contribution in [2.24, 2.45) is 4.99 Å². The Morgan fingerprint density at radius 1 is 0.944 bits per heavy atom. The van der Waals surface area contributed by atoms with Crippen molar-refractivity contribution in [3.05, 3.63) is 96.3 Å². The van der Waals surface area contributed by atoms with E-state index in [0.29, 0.717) is 22.9 Å². The molecular weight excluding hydrogens is 454 g/mol. The fraction of sp³-hybridized carbons (Fsp3) is 0.179. The van der Waals surface area contributed by atoms with E-state index in [2.05, 4.69) is 4.99 Å². The molecule has 3 aromatic rings. The number of amides is 3. The van der Waals surface area contributed by atoms with Crippen molar-refractivity contribution in [2.45, 2.75) is 19.9 Å². The molecule has 182 valence electrons. The van der Waals surface area contributed by atoms with Crippen molar-refractivity contribution >= 4 is 35.2 Å². The molecule has 3 aromatic carbocycles. The molecule has 0 saturated heterocycles. The van der Waals surface area contributed by atoms with E-state index in [-0.39, 0.29) is 24.6 Å². The Morgan fingerprint density at radius 2 is 1.58 bits per heavy atom. The predicted molar refractivity (Wildman–Crippen MR) is 141 cm³/mol. The van der Waals surface area contributed by atoms with Crippen LogP contribution in [-0.2, 0) is 4.79 Å². The molecule has 3 amide bonds. The van der Waals surface area contributed by atoms with Crippen LogP contribution in [0.5, 0.6) is 5.75 Å². The van der Waals surface area contributed by atoms with Crippen molar-refractivity contribution in [1.29, 1.82) is 0 Å². The van der Waals surface area contributed by atoms with Crippen LogP contribution in [0, 0.1) is 0 Å². The summed E-state index contributed by atoms with van der Waals surface area (Å²) >= 11 is 0. The van der Waals surface area contributed by atoms with Crippen LogP contribution in [0.15, 0.2) is 101 Å². The third-order valence-corrected chi connectivity index (χ3v) is 6.30. The van der Waals surface area contributed by atoms with Crippen molar-refractivity contribution < 1.29 is 14.3 Å². The average molecular weight is 482 g/mol. The van der Waals surface area contributed by atoms with Crippen LogP contribution in [0.4, 0.5) is 21.9 Å². The summed E-state index contributed by atoms with van der Waals surface area (Å²) in [7, 11) is 1.61. The lowest BCUT2D eigenvalue weighted by molar-refractivity contribution is -0.119. The number of nitrogens with zero attached hydrogens (tertiary/aromatic N) is 5. The fourth-order valence-electron chi connectivity index (χ4n) is 4.64. The lowest BCUT2D eigenvalue weighted by Gasteiger charge is -2.48. The SMILES string of the molecule is COc1ccc(N2C(=O)N(c3ccccc3)C3=C(C=NCN3N(C(C)=O)c3ccccc3)C2C)cc1. The molecule has 36 heavy (non-hydrogen) atoms. The lowest BCUT2D eigenvalue weighted by atomic mass is 10.0. The molecule has 1 atom stereocenters. The van der Waals surface area contributed by atoms with Gasteiger partial charge in [-0.1, -0.05) is 36.4 Å². The molecular formula is C28H27N5O3. The molecule has 0 aliphatic carbocycles. The second kappa shape index (κ2) is 9.58. The fourth-order valence-corrected chi connectivity index (χ4v) is 4.64. The summed E-state index contributed by atoms with van der Waals surface area (Å²) < 4.78 is 5.30. The van der Waals surface area contributed by atoms with Crippen LogP contribution in [0.2, 0.25) is 0 Å². The monoisotopic (exact) mass is 481 g/mol. The van der Waals surface area contributed by atoms with E-state index in [4.69, 9.17) is 4.74 Å². The van der Waals surface area contributed by atoms with Crippen LogP contribution in [0.1, 0.15) is 13.8 Å². The van der Waals surface area contributed by atoms with Gasteiger partial charge in [0.2, 0.25) is 5.91 Å². The van der Waals surface area contributed by atoms with E-state index in [1.165, 1.54) is 6.92 Å². The van der Waals surface area contributed by atoms with Crippen LogP contribution >= 0.6 is 0 Å². The number of carbonyl (C=O) groups is 2. The molecule has 0 N–H and O–H groups in total. The number of hydrazine groups is 1. The van der Waals surface area contributed by atoms with Crippen LogP contribution < -0.4 is 19.5 Å². The third-order valence-electron chi connectivity index (χ3n) is 6.30. The molecule has 0 spiro atoms. The maximum Gasteiger partial charge on any atom is 0.335 e. The maximum atomic E-state index is 14.2. The molecule has 2 heterocycles. The van der Waals surface area contributed by atoms with Gasteiger partial charge < -0.3 is 4.74 Å². The number of aliphatic imine (C=N–C) groups is 1. The molecule has 2 aliphatic heterocycles. The Morgan fingerprint density at radius 3 is 2.19 bits per heavy atom. The first-order valence-corrected chi connectivity index (χ1v) is 11.7. The Labute approximate surface area is 210 Å². The summed E-state index contributed by atoms with van der Waals surface area (Å²) in [5.41, 5.74) is 2.94. The number of ether oxygens (including phenoxy) is 1. The topological polar surface area (TPSA) is 68.7 Å². The molecule has 8 nitrogen and oxygen atoms in total. The number of carbonyl (C=O) groups excluding carboxylic acids is 2. The standard InChI is InChI=1S/C28H27N5O3/c1-20-26-18-29-19-30(33(21(2)34)24-12-8-5-9-13-24)27(26)32(22-10-6-4-7-11-22)28(35)31(20)23-14-16-25(36-3)17-15-23/h4-18,20H,19H2,1-3H3. The van der Waals surface area contributed by atoms with Gasteiger partial charge in [0.25, 0.3) is 0 Å². The molecule has 0 saturated carbocycles. The van der Waals surface area contributed by atoms with E-state index in [1.807, 2.05) is 91.9 Å². The molecule has 2 aliphatic rings. The Hall–Kier alpha value is -4.59. The Bertz CT molecular complexity index is 1320. The molecule has 0 bridgehead atoms. The molecule has 0 aromatic heterocycles. The van der Waals surface area contributed by atoms with Gasteiger partial charge in [0.15, 0.2) is 0 Å². The minimum Gasteiger partial charge on any atom is -0.497 e. The van der Waals surface area contributed by atoms with E-state index in [1.54, 1.807) is 33.1 Å². The molecule has 5 rings (SSSR count). The Kier molecular flexibility index (Phi) is 6.16. The number of anilines is 3. The number of methoxy groups -OCH3 is 1. The van der Waals surface area contributed by atoms with E-state index < -0.39 is 0 Å². The number of rotatable bonds is 5. The summed E-state index contributed by atoms with van der Waals surface area (Å²) in [6.07, 6.45) is 1.80. The van der Waals surface area contributed by atoms with Gasteiger partial charge in [-0.3, -0.25) is 14.7 Å². The van der Waals surface area contributed by atoms with Crippen molar-refractivity contribution in [2.75, 3.05) is 28.6 Å². The zero-order chi connectivity index (χ0) is 25.2. The van der Waals surface area contributed by atoms with Gasteiger partial charge in [-0.05, 0) is 55.5 Å². The molecule has 0 radical (unpaired) electrons. The van der Waals surface area contributed by atoms with Crippen molar-refractivity contribution in [3.8, 4) is 5.75 Å². The van der Waals surface area contributed by atoms with E-state index in [9.17, 15) is 9.59 Å². The highest BCUT2D eigenvalue weighted by atomic mass is 16.5. The number of hydrogen-bond acceptors (Lipinski definition) is 5. The summed E-state index contributed by atoms with van der Waals surface area (Å²) in [5.74, 6) is 1.13. The zero-order valence-corrected chi connectivity index (χ0v) is 20.4. The highest BCUT2D eigenvalue weighted by molar-refractivity contribution is 6.11. The highest BCUT2D eigenvalue weighted by Gasteiger charge is 2.43. The molecule has 8 heteroatoms. The number of urea groups is 1. The average Bonchev–Trinajstić information content (AvgIpc) is 2.91. The van der Waals surface area contributed by atoms with Gasteiger partial charge in [0.1, 0.15) is 18.2 Å². The van der Waals surface area contributed by atoms with Crippen LogP contribution in [0.3, 0.4) is 0 Å². The van der Waals surface area contributed by atoms with Gasteiger partial charge in [-0.25, -0.2) is 19.7 Å². The highest BCUT2D eigenvalue weighted by Crippen LogP contribution is 2.38. The summed E-state index contributed by atoms with van der Waals surface area (Å²) in [5, 5.41) is 3.35. The lowest BCUT2D eigenvalue weighted by Crippen LogP contribution is -2.60. The van der Waals surface area contributed by atoms with Gasteiger partial charge >= 0.3 is 6.03 Å². The molecule has 1 unspecified atom stereocenters. The summed E-state index contributed by atoms with van der Waals surface area (Å²) in [6, 6.07) is 25.7. The number of benzene rings is 3. The van der Waals surface area contributed by atoms with Gasteiger partial charge in [0, 0.05) is 24.4 Å². The van der Waals surface area contributed by atoms with Crippen molar-refractivity contribution in [3.63, 3.8) is 0 Å². The van der Waals surface area contributed by atoms with Crippen LogP contribution in [0.25, 0.3) is 0 Å². The number of hydrogen-bond donors (Lipinski definition) is 0. The Balaban J connectivity index is 1.69. The molecule has 0 fully saturated rings. The van der Waals surface area contributed by atoms with Gasteiger partial charge in [0.05, 0.1) is 24.5 Å². The smallest absolute Gasteiger partial charge is 0.335 e. The van der Waals surface area contributed by atoms with Gasteiger partial charge in [-0.2, -0.15) is 0 Å². The van der Waals surface area contributed by atoms with E-state index >= 15 is 0 Å². The van der Waals surface area contributed by atoms with E-state index in [0.717, 1.165) is 11.3 Å². The normalized spacial score (nSPS) is 17.2. The second-order valence-corrected chi connectivity index (χ2v) is 8.50. The zero-order valence-electron chi connectivity index (χ0n) is 20.4. The summed E-state index contributed by atoms with van der Waals surface area (Å²) in [4.78, 5) is 35.2. The van der Waals surface area contributed by atoms with Gasteiger partial charge in [-0.15, -0.1) is 0 Å². The first-order valence-electron chi connectivity index (χ1n) is 11.7. The minimum absolute atomic E-state index is 0.184. The summed E-state index contributed by atoms with van der Waals surface area (Å²) in [6.45, 7) is 3.67. The quantitative estimate of drug-likeness (QED) is 0.511. The third kappa shape index (κ3) is 3.96. The largest absolute Gasteiger partial charge is 0.497 e. The predicted octanol–water partition coefficient (Wildman–Crippen LogP) is 5.05. The first kappa shape index (κ1) is 23.2. The first-order chi connectivity index (χ1) is 17.5. The maximum absolute atomic E-state index is 14.2. The second-order valence-electron chi connectivity index (χ2n) is 8.50. The van der Waals surface area contributed by atoms with Crippen molar-refractivity contribution in [1.82, 2.24) is 5.01 Å². The minimum atomic E-state index is -0.336. The number of para-hydroxylation sites is 2.